The van der Waals surface area contributed by atoms with Crippen LogP contribution in [0.3, 0.4) is 0 Å². The van der Waals surface area contributed by atoms with Gasteiger partial charge in [0.1, 0.15) is 0 Å². The van der Waals surface area contributed by atoms with Crippen molar-refractivity contribution in [2.75, 3.05) is 13.7 Å². The molecule has 0 bridgehead atoms. The smallest absolute Gasteiger partial charge is 0.303 e. The van der Waals surface area contributed by atoms with Gasteiger partial charge in [0.2, 0.25) is 5.88 Å². The van der Waals surface area contributed by atoms with Gasteiger partial charge in [-0.25, -0.2) is 4.98 Å². The summed E-state index contributed by atoms with van der Waals surface area (Å²) < 4.78 is 4.93. The fourth-order valence-corrected chi connectivity index (χ4v) is 1.87. The van der Waals surface area contributed by atoms with E-state index in [1.165, 1.54) is 13.3 Å². The predicted molar refractivity (Wildman–Crippen MR) is 78.5 cm³/mol. The number of carboxylic acid groups (broad SMARTS) is 1. The zero-order valence-corrected chi connectivity index (χ0v) is 12.3. The van der Waals surface area contributed by atoms with Crippen molar-refractivity contribution < 1.29 is 19.4 Å². The Balaban J connectivity index is 2.09. The molecule has 0 unspecified atom stereocenters. The van der Waals surface area contributed by atoms with Gasteiger partial charge in [-0.3, -0.25) is 9.59 Å². The summed E-state index contributed by atoms with van der Waals surface area (Å²) in [7, 11) is 1.53. The van der Waals surface area contributed by atoms with Gasteiger partial charge in [-0.2, -0.15) is 0 Å². The van der Waals surface area contributed by atoms with Crippen molar-refractivity contribution in [1.29, 1.82) is 0 Å². The number of hydrogen-bond acceptors (Lipinski definition) is 4. The maximum atomic E-state index is 11.8. The number of nitrogens with zero attached hydrogens (tertiary/aromatic N) is 1. The highest BCUT2D eigenvalue weighted by Gasteiger charge is 2.05. The average molecular weight is 294 g/mol. The van der Waals surface area contributed by atoms with Crippen LogP contribution in [0.25, 0.3) is 0 Å². The second-order valence-electron chi connectivity index (χ2n) is 4.76. The minimum atomic E-state index is -0.740. The van der Waals surface area contributed by atoms with Crippen LogP contribution in [0.4, 0.5) is 0 Å². The lowest BCUT2D eigenvalue weighted by molar-refractivity contribution is -0.137. The highest BCUT2D eigenvalue weighted by atomic mass is 16.5. The molecule has 6 nitrogen and oxygen atoms in total. The van der Waals surface area contributed by atoms with E-state index in [2.05, 4.69) is 10.3 Å². The SMILES string of the molecule is COc1ccc(C(=O)NCCCCCCCC(=O)O)cn1. The largest absolute Gasteiger partial charge is 0.481 e. The summed E-state index contributed by atoms with van der Waals surface area (Å²) in [6, 6.07) is 3.32. The third-order valence-electron chi connectivity index (χ3n) is 3.06. The zero-order chi connectivity index (χ0) is 15.5. The fraction of sp³-hybridized carbons (Fsp3) is 0.533. The molecule has 0 saturated carbocycles. The second-order valence-corrected chi connectivity index (χ2v) is 4.76. The molecule has 116 valence electrons. The van der Waals surface area contributed by atoms with E-state index in [0.717, 1.165) is 32.1 Å². The number of unbranched alkanes of at least 4 members (excludes halogenated alkanes) is 4. The number of rotatable bonds is 10. The quantitative estimate of drug-likeness (QED) is 0.646. The Labute approximate surface area is 124 Å². The summed E-state index contributed by atoms with van der Waals surface area (Å²) in [6.45, 7) is 0.615. The number of ether oxygens (including phenoxy) is 1. The second kappa shape index (κ2) is 9.74. The molecule has 0 radical (unpaired) electrons. The fourth-order valence-electron chi connectivity index (χ4n) is 1.87. The zero-order valence-electron chi connectivity index (χ0n) is 12.3. The Hall–Kier alpha value is -2.11. The molecule has 6 heteroatoms. The number of pyridine rings is 1. The van der Waals surface area contributed by atoms with Crippen LogP contribution in [-0.2, 0) is 4.79 Å². The highest BCUT2D eigenvalue weighted by molar-refractivity contribution is 5.93. The summed E-state index contributed by atoms with van der Waals surface area (Å²) in [6.07, 6.45) is 6.24. The molecule has 0 fully saturated rings. The normalized spacial score (nSPS) is 10.1. The van der Waals surface area contributed by atoms with E-state index in [0.29, 0.717) is 18.0 Å². The average Bonchev–Trinajstić information content (AvgIpc) is 2.49. The summed E-state index contributed by atoms with van der Waals surface area (Å²) in [5.74, 6) is -0.403. The molecule has 1 heterocycles. The number of carbonyl (C=O) groups is 2. The minimum Gasteiger partial charge on any atom is -0.481 e. The van der Waals surface area contributed by atoms with Gasteiger partial charge >= 0.3 is 5.97 Å². The van der Waals surface area contributed by atoms with Crippen molar-refractivity contribution in [3.05, 3.63) is 23.9 Å². The van der Waals surface area contributed by atoms with E-state index in [4.69, 9.17) is 9.84 Å². The minimum absolute atomic E-state index is 0.143. The van der Waals surface area contributed by atoms with Crippen LogP contribution in [0.1, 0.15) is 48.9 Å². The molecule has 0 spiro atoms. The first-order valence-corrected chi connectivity index (χ1v) is 7.13. The molecule has 0 aliphatic heterocycles. The third-order valence-corrected chi connectivity index (χ3v) is 3.06. The highest BCUT2D eigenvalue weighted by Crippen LogP contribution is 2.07. The van der Waals surface area contributed by atoms with E-state index < -0.39 is 5.97 Å². The molecule has 0 aliphatic carbocycles. The molecule has 0 saturated heterocycles. The molecule has 1 aromatic rings. The maximum absolute atomic E-state index is 11.8. The number of carbonyl (C=O) groups excluding carboxylic acids is 1. The first-order valence-electron chi connectivity index (χ1n) is 7.13. The van der Waals surface area contributed by atoms with Gasteiger partial charge in [-0.1, -0.05) is 19.3 Å². The third kappa shape index (κ3) is 7.29. The van der Waals surface area contributed by atoms with E-state index >= 15 is 0 Å². The van der Waals surface area contributed by atoms with Crippen LogP contribution >= 0.6 is 0 Å². The number of nitrogens with one attached hydrogen (secondary N) is 1. The van der Waals surface area contributed by atoms with Gasteiger partial charge in [0.25, 0.3) is 5.91 Å². The maximum Gasteiger partial charge on any atom is 0.303 e. The topological polar surface area (TPSA) is 88.5 Å². The van der Waals surface area contributed by atoms with Crippen molar-refractivity contribution in [3.8, 4) is 5.88 Å². The monoisotopic (exact) mass is 294 g/mol. The molecular weight excluding hydrogens is 272 g/mol. The molecule has 1 rings (SSSR count). The van der Waals surface area contributed by atoms with Crippen molar-refractivity contribution >= 4 is 11.9 Å². The molecule has 0 aromatic carbocycles. The van der Waals surface area contributed by atoms with Crippen LogP contribution in [0, 0.1) is 0 Å². The number of carboxylic acids is 1. The molecule has 21 heavy (non-hydrogen) atoms. The molecule has 0 aliphatic rings. The van der Waals surface area contributed by atoms with Gasteiger partial charge in [0.15, 0.2) is 0 Å². The number of aliphatic carboxylic acids is 1. The van der Waals surface area contributed by atoms with Crippen LogP contribution < -0.4 is 10.1 Å². The predicted octanol–water partition coefficient (Wildman–Crippen LogP) is 2.25. The van der Waals surface area contributed by atoms with Crippen molar-refractivity contribution in [2.24, 2.45) is 0 Å². The van der Waals surface area contributed by atoms with Gasteiger partial charge in [-0.05, 0) is 18.9 Å². The summed E-state index contributed by atoms with van der Waals surface area (Å²) in [4.78, 5) is 26.1. The van der Waals surface area contributed by atoms with Crippen molar-refractivity contribution in [3.63, 3.8) is 0 Å². The Morgan fingerprint density at radius 2 is 1.90 bits per heavy atom. The van der Waals surface area contributed by atoms with E-state index in [1.54, 1.807) is 12.1 Å². The van der Waals surface area contributed by atoms with Gasteiger partial charge < -0.3 is 15.2 Å². The number of aromatic nitrogens is 1. The lowest BCUT2D eigenvalue weighted by atomic mass is 10.1. The molecular formula is C15H22N2O4. The van der Waals surface area contributed by atoms with Crippen LogP contribution in [0.15, 0.2) is 18.3 Å². The number of methoxy groups -OCH3 is 1. The van der Waals surface area contributed by atoms with Gasteiger partial charge in [-0.15, -0.1) is 0 Å². The Bertz CT molecular complexity index is 445. The molecule has 1 aromatic heterocycles. The van der Waals surface area contributed by atoms with E-state index in [9.17, 15) is 9.59 Å². The number of hydrogen-bond donors (Lipinski definition) is 2. The van der Waals surface area contributed by atoms with Crippen LogP contribution in [0.2, 0.25) is 0 Å². The molecule has 2 N–H and O–H groups in total. The first kappa shape index (κ1) is 16.9. The molecule has 0 atom stereocenters. The summed E-state index contributed by atoms with van der Waals surface area (Å²) in [5.41, 5.74) is 0.511. The van der Waals surface area contributed by atoms with Crippen LogP contribution in [0.5, 0.6) is 5.88 Å². The van der Waals surface area contributed by atoms with Gasteiger partial charge in [0.05, 0.1) is 12.7 Å². The Morgan fingerprint density at radius 1 is 1.19 bits per heavy atom. The van der Waals surface area contributed by atoms with Crippen molar-refractivity contribution in [1.82, 2.24) is 10.3 Å². The van der Waals surface area contributed by atoms with Crippen molar-refractivity contribution in [2.45, 2.75) is 38.5 Å². The Morgan fingerprint density at radius 3 is 2.52 bits per heavy atom. The van der Waals surface area contributed by atoms with E-state index in [-0.39, 0.29) is 12.3 Å². The van der Waals surface area contributed by atoms with Gasteiger partial charge in [0, 0.05) is 25.2 Å². The first-order chi connectivity index (χ1) is 10.1. The van der Waals surface area contributed by atoms with Crippen LogP contribution in [-0.4, -0.2) is 35.6 Å². The summed E-state index contributed by atoms with van der Waals surface area (Å²) >= 11 is 0. The lowest BCUT2D eigenvalue weighted by Gasteiger charge is -2.05. The summed E-state index contributed by atoms with van der Waals surface area (Å²) in [5, 5.41) is 11.3. The number of amides is 1. The molecule has 1 amide bonds. The Kier molecular flexibility index (Phi) is 7.86. The van der Waals surface area contributed by atoms with E-state index in [1.807, 2.05) is 0 Å². The standard InChI is InChI=1S/C15H22N2O4/c1-21-13-9-8-12(11-17-13)15(20)16-10-6-4-2-3-5-7-14(18)19/h8-9,11H,2-7,10H2,1H3,(H,16,20)(H,18,19). The lowest BCUT2D eigenvalue weighted by Crippen LogP contribution is -2.24.